The lowest BCUT2D eigenvalue weighted by molar-refractivity contribution is -0.138. The number of aliphatic hydroxyl groups is 1. The van der Waals surface area contributed by atoms with Crippen LogP contribution in [0.2, 0.25) is 0 Å². The van der Waals surface area contributed by atoms with E-state index in [1.165, 1.54) is 11.1 Å². The zero-order valence-corrected chi connectivity index (χ0v) is 18.2. The molecule has 1 amide bonds. The van der Waals surface area contributed by atoms with Crippen LogP contribution in [-0.2, 0) is 17.9 Å². The van der Waals surface area contributed by atoms with Crippen molar-refractivity contribution in [2.75, 3.05) is 38.1 Å². The second kappa shape index (κ2) is 10.7. The topological polar surface area (TPSA) is 68.7 Å². The Hall–Kier alpha value is -2.44. The van der Waals surface area contributed by atoms with Crippen molar-refractivity contribution in [3.63, 3.8) is 0 Å². The summed E-state index contributed by atoms with van der Waals surface area (Å²) in [6, 6.07) is 14.5. The number of piperidine rings is 2. The van der Waals surface area contributed by atoms with E-state index in [4.69, 9.17) is 0 Å². The molecule has 0 unspecified atom stereocenters. The number of carbonyl (C=O) groups excluding carboxylic acids is 1. The Morgan fingerprint density at radius 1 is 1.00 bits per heavy atom. The normalized spacial score (nSPS) is 18.8. The third kappa shape index (κ3) is 6.05. The number of likely N-dealkylation sites (tertiary alicyclic amines) is 2. The number of nitrogens with zero attached hydrogens (tertiary/aromatic N) is 3. The molecule has 0 bridgehead atoms. The van der Waals surface area contributed by atoms with Gasteiger partial charge >= 0.3 is 0 Å². The van der Waals surface area contributed by atoms with Crippen molar-refractivity contribution in [2.45, 2.75) is 38.8 Å². The Morgan fingerprint density at radius 3 is 2.45 bits per heavy atom. The van der Waals surface area contributed by atoms with E-state index in [2.05, 4.69) is 39.5 Å². The third-order valence-corrected chi connectivity index (χ3v) is 6.67. The molecule has 31 heavy (non-hydrogen) atoms. The van der Waals surface area contributed by atoms with E-state index in [0.717, 1.165) is 70.8 Å². The molecule has 0 atom stereocenters. The quantitative estimate of drug-likeness (QED) is 0.718. The molecule has 1 aromatic heterocycles. The third-order valence-electron chi connectivity index (χ3n) is 6.67. The van der Waals surface area contributed by atoms with Crippen molar-refractivity contribution in [1.29, 1.82) is 0 Å². The first-order valence-corrected chi connectivity index (χ1v) is 11.6. The summed E-state index contributed by atoms with van der Waals surface area (Å²) < 4.78 is 0. The molecule has 2 saturated heterocycles. The number of hydrogen-bond donors (Lipinski definition) is 2. The molecule has 0 saturated carbocycles. The van der Waals surface area contributed by atoms with Crippen LogP contribution in [-0.4, -0.2) is 58.6 Å². The number of rotatable bonds is 7. The van der Waals surface area contributed by atoms with E-state index in [9.17, 15) is 9.90 Å². The zero-order valence-electron chi connectivity index (χ0n) is 18.2. The highest BCUT2D eigenvalue weighted by atomic mass is 16.3. The standard InChI is InChI=1S/C25H34N4O2/c30-19-21-7-14-29(15-8-21)25(31)23-9-12-28(13-10-23)18-22-6-11-26-24(16-22)27-17-20-4-2-1-3-5-20/h1-6,11,16,21,23,30H,7-10,12-15,17-19H2,(H,26,27). The van der Waals surface area contributed by atoms with Crippen molar-refractivity contribution in [3.8, 4) is 0 Å². The van der Waals surface area contributed by atoms with E-state index in [1.54, 1.807) is 0 Å². The lowest BCUT2D eigenvalue weighted by atomic mass is 9.92. The summed E-state index contributed by atoms with van der Waals surface area (Å²) in [5.74, 6) is 1.76. The van der Waals surface area contributed by atoms with Crippen LogP contribution in [0.3, 0.4) is 0 Å². The number of aromatic nitrogens is 1. The zero-order chi connectivity index (χ0) is 21.5. The van der Waals surface area contributed by atoms with E-state index in [1.807, 2.05) is 29.3 Å². The van der Waals surface area contributed by atoms with Crippen molar-refractivity contribution >= 4 is 11.7 Å². The number of nitrogens with one attached hydrogen (secondary N) is 1. The number of hydrogen-bond acceptors (Lipinski definition) is 5. The van der Waals surface area contributed by atoms with Crippen molar-refractivity contribution < 1.29 is 9.90 Å². The molecule has 3 heterocycles. The fraction of sp³-hybridized carbons (Fsp3) is 0.520. The van der Waals surface area contributed by atoms with Crippen LogP contribution >= 0.6 is 0 Å². The number of aliphatic hydroxyl groups excluding tert-OH is 1. The van der Waals surface area contributed by atoms with Crippen molar-refractivity contribution in [3.05, 3.63) is 59.8 Å². The van der Waals surface area contributed by atoms with Gasteiger partial charge in [-0.2, -0.15) is 0 Å². The minimum Gasteiger partial charge on any atom is -0.396 e. The number of benzene rings is 1. The highest BCUT2D eigenvalue weighted by molar-refractivity contribution is 5.79. The number of carbonyl (C=O) groups is 1. The molecule has 1 aromatic carbocycles. The molecule has 4 rings (SSSR count). The molecule has 2 aliphatic rings. The highest BCUT2D eigenvalue weighted by Crippen LogP contribution is 2.24. The van der Waals surface area contributed by atoms with E-state index in [0.29, 0.717) is 11.8 Å². The summed E-state index contributed by atoms with van der Waals surface area (Å²) in [5, 5.41) is 12.7. The molecular formula is C25H34N4O2. The maximum absolute atomic E-state index is 12.9. The molecule has 2 N–H and O–H groups in total. The second-order valence-electron chi connectivity index (χ2n) is 8.89. The molecule has 166 valence electrons. The van der Waals surface area contributed by atoms with Gasteiger partial charge in [-0.3, -0.25) is 9.69 Å². The summed E-state index contributed by atoms with van der Waals surface area (Å²) in [6.07, 6.45) is 5.61. The minimum atomic E-state index is 0.155. The van der Waals surface area contributed by atoms with Crippen LogP contribution in [0.1, 0.15) is 36.8 Å². The van der Waals surface area contributed by atoms with Gasteiger partial charge in [-0.25, -0.2) is 4.98 Å². The molecular weight excluding hydrogens is 388 g/mol. The maximum Gasteiger partial charge on any atom is 0.225 e. The Kier molecular flexibility index (Phi) is 7.54. The predicted octanol–water partition coefficient (Wildman–Crippen LogP) is 3.14. The largest absolute Gasteiger partial charge is 0.396 e. The summed E-state index contributed by atoms with van der Waals surface area (Å²) in [7, 11) is 0. The van der Waals surface area contributed by atoms with Gasteiger partial charge in [-0.1, -0.05) is 30.3 Å². The summed E-state index contributed by atoms with van der Waals surface area (Å²) in [5.41, 5.74) is 2.49. The summed E-state index contributed by atoms with van der Waals surface area (Å²) >= 11 is 0. The maximum atomic E-state index is 12.9. The molecule has 2 aromatic rings. The van der Waals surface area contributed by atoms with Crippen LogP contribution in [0.15, 0.2) is 48.7 Å². The van der Waals surface area contributed by atoms with Crippen molar-refractivity contribution in [2.24, 2.45) is 11.8 Å². The molecule has 0 radical (unpaired) electrons. The van der Waals surface area contributed by atoms with Gasteiger partial charge in [0.15, 0.2) is 0 Å². The summed E-state index contributed by atoms with van der Waals surface area (Å²) in [6.45, 7) is 5.43. The van der Waals surface area contributed by atoms with Gasteiger partial charge in [0.25, 0.3) is 0 Å². The number of pyridine rings is 1. The first kappa shape index (κ1) is 21.8. The Morgan fingerprint density at radius 2 is 1.74 bits per heavy atom. The second-order valence-corrected chi connectivity index (χ2v) is 8.89. The van der Waals surface area contributed by atoms with Gasteiger partial charge in [0, 0.05) is 44.9 Å². The Bertz CT molecular complexity index is 828. The molecule has 0 aliphatic carbocycles. The average molecular weight is 423 g/mol. The van der Waals surface area contributed by atoms with Crippen LogP contribution in [0.4, 0.5) is 5.82 Å². The van der Waals surface area contributed by atoms with E-state index < -0.39 is 0 Å². The molecule has 6 heteroatoms. The fourth-order valence-electron chi connectivity index (χ4n) is 4.65. The van der Waals surface area contributed by atoms with Gasteiger partial charge in [0.2, 0.25) is 5.91 Å². The van der Waals surface area contributed by atoms with E-state index >= 15 is 0 Å². The van der Waals surface area contributed by atoms with Gasteiger partial charge in [0.05, 0.1) is 0 Å². The van der Waals surface area contributed by atoms with Crippen molar-refractivity contribution in [1.82, 2.24) is 14.8 Å². The van der Waals surface area contributed by atoms with Crippen LogP contribution < -0.4 is 5.32 Å². The molecule has 2 fully saturated rings. The molecule has 6 nitrogen and oxygen atoms in total. The molecule has 0 spiro atoms. The number of anilines is 1. The van der Waals surface area contributed by atoms with Crippen LogP contribution in [0, 0.1) is 11.8 Å². The van der Waals surface area contributed by atoms with Crippen LogP contribution in [0.25, 0.3) is 0 Å². The highest BCUT2D eigenvalue weighted by Gasteiger charge is 2.30. The van der Waals surface area contributed by atoms with Gasteiger partial charge in [-0.15, -0.1) is 0 Å². The van der Waals surface area contributed by atoms with Gasteiger partial charge in [-0.05, 0) is 68.0 Å². The lowest BCUT2D eigenvalue weighted by Crippen LogP contribution is -2.45. The van der Waals surface area contributed by atoms with Gasteiger partial charge < -0.3 is 15.3 Å². The monoisotopic (exact) mass is 422 g/mol. The molecule has 2 aliphatic heterocycles. The predicted molar refractivity (Wildman–Crippen MR) is 122 cm³/mol. The fourth-order valence-corrected chi connectivity index (χ4v) is 4.65. The number of amides is 1. The Labute approximate surface area is 185 Å². The van der Waals surface area contributed by atoms with E-state index in [-0.39, 0.29) is 12.5 Å². The first-order chi connectivity index (χ1) is 15.2. The minimum absolute atomic E-state index is 0.155. The smallest absolute Gasteiger partial charge is 0.225 e. The Balaban J connectivity index is 1.23. The van der Waals surface area contributed by atoms with Crippen LogP contribution in [0.5, 0.6) is 0 Å². The average Bonchev–Trinajstić information content (AvgIpc) is 2.84. The SMILES string of the molecule is O=C(C1CCN(Cc2ccnc(NCc3ccccc3)c2)CC1)N1CCC(CO)CC1. The first-order valence-electron chi connectivity index (χ1n) is 11.6. The van der Waals surface area contributed by atoms with Gasteiger partial charge in [0.1, 0.15) is 5.82 Å². The summed E-state index contributed by atoms with van der Waals surface area (Å²) in [4.78, 5) is 21.8. The lowest BCUT2D eigenvalue weighted by Gasteiger charge is -2.37.